The van der Waals surface area contributed by atoms with Crippen LogP contribution in [0.1, 0.15) is 65.7 Å². The van der Waals surface area contributed by atoms with Crippen molar-refractivity contribution in [2.24, 2.45) is 5.92 Å². The molecule has 0 aromatic heterocycles. The van der Waals surface area contributed by atoms with Crippen molar-refractivity contribution in [2.45, 2.75) is 71.3 Å². The van der Waals surface area contributed by atoms with Crippen molar-refractivity contribution in [2.75, 3.05) is 0 Å². The van der Waals surface area contributed by atoms with E-state index in [0.717, 1.165) is 6.42 Å². The molecule has 0 heterocycles. The van der Waals surface area contributed by atoms with Crippen molar-refractivity contribution < 1.29 is 34.7 Å². The molecule has 1 nitrogen and oxygen atoms in total. The second kappa shape index (κ2) is 9.36. The van der Waals surface area contributed by atoms with Crippen LogP contribution in [0.4, 0.5) is 0 Å². The number of unbranched alkanes of at least 4 members (excludes halogenated alkanes) is 5. The van der Waals surface area contributed by atoms with Crippen LogP contribution in [0.5, 0.6) is 0 Å². The summed E-state index contributed by atoms with van der Waals surface area (Å²) < 4.78 is 0. The predicted molar refractivity (Wildman–Crippen MR) is 72.8 cm³/mol. The molecule has 2 atom stereocenters. The normalized spacial score (nSPS) is 26.7. The van der Waals surface area contributed by atoms with Crippen LogP contribution in [0.2, 0.25) is 0 Å². The van der Waals surface area contributed by atoms with Gasteiger partial charge in [0.15, 0.2) is 0 Å². The van der Waals surface area contributed by atoms with Crippen LogP contribution < -0.4 is 34.7 Å². The minimum atomic E-state index is -0.897. The zero-order valence-corrected chi connectivity index (χ0v) is 14.7. The van der Waals surface area contributed by atoms with Crippen LogP contribution in [0.3, 0.4) is 0 Å². The first-order chi connectivity index (χ1) is 8.08. The summed E-state index contributed by atoms with van der Waals surface area (Å²) in [5, 5.41) is 12.1. The number of allylic oxidation sites excluding steroid dienone is 2. The third-order valence-corrected chi connectivity index (χ3v) is 3.97. The summed E-state index contributed by atoms with van der Waals surface area (Å²) >= 11 is 0. The van der Waals surface area contributed by atoms with Gasteiger partial charge in [0.25, 0.3) is 0 Å². The van der Waals surface area contributed by atoms with Gasteiger partial charge in [-0.25, -0.2) is 0 Å². The van der Waals surface area contributed by atoms with Crippen LogP contribution in [0, 0.1) is 5.92 Å². The minimum Gasteiger partial charge on any atom is -0.846 e. The molecule has 1 aliphatic carbocycles. The fourth-order valence-electron chi connectivity index (χ4n) is 2.43. The Labute approximate surface area is 135 Å². The van der Waals surface area contributed by atoms with Crippen molar-refractivity contribution in [3.63, 3.8) is 0 Å². The summed E-state index contributed by atoms with van der Waals surface area (Å²) in [6, 6.07) is 0. The van der Waals surface area contributed by atoms with Crippen LogP contribution >= 0.6 is 0 Å². The first-order valence-corrected chi connectivity index (χ1v) is 7.16. The summed E-state index contributed by atoms with van der Waals surface area (Å²) in [6.07, 6.45) is 14.9. The Morgan fingerprint density at radius 1 is 1.17 bits per heavy atom. The molecule has 1 rings (SSSR count). The monoisotopic (exact) mass is 258 g/mol. The van der Waals surface area contributed by atoms with Gasteiger partial charge in [-0.1, -0.05) is 82.3 Å². The summed E-state index contributed by atoms with van der Waals surface area (Å²) in [5.41, 5.74) is 0.451. The standard InChI is InChI=1S/C16H27O.Na/c1-4-5-6-7-8-9-11-15-12-10-13-16(3,17)14(15)2;/h10,12-14H,4-9,11H2,1-3H3;/q-1;+1. The molecule has 0 fully saturated rings. The Morgan fingerprint density at radius 2 is 1.78 bits per heavy atom. The van der Waals surface area contributed by atoms with Gasteiger partial charge in [-0.3, -0.25) is 0 Å². The average Bonchev–Trinajstić information content (AvgIpc) is 2.29. The van der Waals surface area contributed by atoms with E-state index in [0.29, 0.717) is 0 Å². The first-order valence-electron chi connectivity index (χ1n) is 7.16. The summed E-state index contributed by atoms with van der Waals surface area (Å²) in [7, 11) is 0. The van der Waals surface area contributed by atoms with E-state index in [1.165, 1.54) is 44.1 Å². The van der Waals surface area contributed by atoms with E-state index in [9.17, 15) is 5.11 Å². The van der Waals surface area contributed by atoms with E-state index < -0.39 is 5.60 Å². The smallest absolute Gasteiger partial charge is 0.846 e. The summed E-state index contributed by atoms with van der Waals surface area (Å²) in [4.78, 5) is 0. The largest absolute Gasteiger partial charge is 1.00 e. The Bertz CT molecular complexity index is 279. The summed E-state index contributed by atoms with van der Waals surface area (Å²) in [5.74, 6) is 0.156. The molecule has 98 valence electrons. The van der Waals surface area contributed by atoms with E-state index in [2.05, 4.69) is 19.9 Å². The first kappa shape index (κ1) is 18.4. The van der Waals surface area contributed by atoms with Crippen LogP contribution in [-0.2, 0) is 0 Å². The molecule has 0 aromatic carbocycles. The zero-order valence-electron chi connectivity index (χ0n) is 12.7. The van der Waals surface area contributed by atoms with Crippen LogP contribution in [0.25, 0.3) is 0 Å². The van der Waals surface area contributed by atoms with Crippen LogP contribution in [-0.4, -0.2) is 5.60 Å². The van der Waals surface area contributed by atoms with Gasteiger partial charge in [0.05, 0.1) is 0 Å². The second-order valence-corrected chi connectivity index (χ2v) is 5.52. The molecule has 0 aliphatic heterocycles. The van der Waals surface area contributed by atoms with Crippen molar-refractivity contribution in [3.8, 4) is 0 Å². The molecule has 0 bridgehead atoms. The van der Waals surface area contributed by atoms with E-state index in [1.807, 2.05) is 6.08 Å². The molecule has 0 saturated heterocycles. The van der Waals surface area contributed by atoms with Gasteiger partial charge in [0, 0.05) is 0 Å². The summed E-state index contributed by atoms with van der Waals surface area (Å²) in [6.45, 7) is 6.11. The quantitative estimate of drug-likeness (QED) is 0.493. The molecule has 0 N–H and O–H groups in total. The third-order valence-electron chi connectivity index (χ3n) is 3.97. The van der Waals surface area contributed by atoms with Gasteiger partial charge in [0.1, 0.15) is 0 Å². The molecular weight excluding hydrogens is 231 g/mol. The molecule has 0 spiro atoms. The Kier molecular flexibility index (Phi) is 9.59. The van der Waals surface area contributed by atoms with Crippen molar-refractivity contribution in [3.05, 3.63) is 23.8 Å². The maximum atomic E-state index is 12.1. The van der Waals surface area contributed by atoms with Crippen molar-refractivity contribution in [1.82, 2.24) is 0 Å². The van der Waals surface area contributed by atoms with Crippen molar-refractivity contribution in [1.29, 1.82) is 0 Å². The molecule has 0 saturated carbocycles. The molecule has 1 aliphatic rings. The zero-order chi connectivity index (χ0) is 12.7. The molecule has 18 heavy (non-hydrogen) atoms. The van der Waals surface area contributed by atoms with E-state index in [1.54, 1.807) is 13.0 Å². The Hall–Kier alpha value is 0.440. The fraction of sp³-hybridized carbons (Fsp3) is 0.750. The van der Waals surface area contributed by atoms with Gasteiger partial charge in [-0.2, -0.15) is 0 Å². The second-order valence-electron chi connectivity index (χ2n) is 5.52. The Balaban J connectivity index is 0.00000289. The number of hydrogen-bond donors (Lipinski definition) is 0. The minimum absolute atomic E-state index is 0. The van der Waals surface area contributed by atoms with Crippen molar-refractivity contribution >= 4 is 0 Å². The molecule has 2 heteroatoms. The van der Waals surface area contributed by atoms with E-state index >= 15 is 0 Å². The molecular formula is C16H27NaO. The number of hydrogen-bond acceptors (Lipinski definition) is 1. The molecule has 0 radical (unpaired) electrons. The topological polar surface area (TPSA) is 23.1 Å². The Morgan fingerprint density at radius 3 is 2.44 bits per heavy atom. The SMILES string of the molecule is CCCCCCCCC1=CC=CC(C)([O-])C1C.[Na+]. The maximum absolute atomic E-state index is 12.1. The molecule has 0 amide bonds. The van der Waals surface area contributed by atoms with E-state index in [4.69, 9.17) is 0 Å². The van der Waals surface area contributed by atoms with Gasteiger partial charge in [-0.15, -0.1) is 0 Å². The van der Waals surface area contributed by atoms with Gasteiger partial charge < -0.3 is 5.11 Å². The van der Waals surface area contributed by atoms with Crippen LogP contribution in [0.15, 0.2) is 23.8 Å². The van der Waals surface area contributed by atoms with Gasteiger partial charge in [-0.05, 0) is 18.8 Å². The molecule has 2 unspecified atom stereocenters. The van der Waals surface area contributed by atoms with E-state index in [-0.39, 0.29) is 35.5 Å². The van der Waals surface area contributed by atoms with Gasteiger partial charge >= 0.3 is 29.6 Å². The predicted octanol–water partition coefficient (Wildman–Crippen LogP) is 0.992. The average molecular weight is 258 g/mol. The van der Waals surface area contributed by atoms with Gasteiger partial charge in [0.2, 0.25) is 0 Å². The molecule has 0 aromatic rings. The maximum Gasteiger partial charge on any atom is 1.00 e. The third kappa shape index (κ3) is 6.06. The fourth-order valence-corrected chi connectivity index (χ4v) is 2.43. The number of rotatable bonds is 7.